The Morgan fingerprint density at radius 2 is 1.74 bits per heavy atom. The van der Waals surface area contributed by atoms with Crippen molar-refractivity contribution in [1.29, 1.82) is 0 Å². The molecule has 3 N–H and O–H groups in total. The lowest BCUT2D eigenvalue weighted by molar-refractivity contribution is 0.245. The first-order chi connectivity index (χ1) is 9.24. The van der Waals surface area contributed by atoms with Crippen LogP contribution in [0.1, 0.15) is 35.6 Å². The molecule has 1 aromatic carbocycles. The molecule has 1 aromatic rings. The van der Waals surface area contributed by atoms with Gasteiger partial charge in [0.15, 0.2) is 0 Å². The Hall–Kier alpha value is -0.970. The third-order valence-corrected chi connectivity index (χ3v) is 4.18. The summed E-state index contributed by atoms with van der Waals surface area (Å²) in [4.78, 5) is 0. The Kier molecular flexibility index (Phi) is 3.56. The normalized spacial score (nSPS) is 18.9. The lowest BCUT2D eigenvalue weighted by atomic mass is 9.89. The van der Waals surface area contributed by atoms with E-state index in [1.807, 2.05) is 0 Å². The summed E-state index contributed by atoms with van der Waals surface area (Å²) >= 11 is 6.46. The molecule has 2 heterocycles. The fraction of sp³-hybridized carbons (Fsp3) is 0.571. The predicted octanol–water partition coefficient (Wildman–Crippen LogP) is 1.98. The van der Waals surface area contributed by atoms with Crippen molar-refractivity contribution in [2.45, 2.75) is 31.7 Å². The number of hydrogen-bond acceptors (Lipinski definition) is 4. The Morgan fingerprint density at radius 3 is 2.42 bits per heavy atom. The molecule has 5 heteroatoms. The molecule has 0 fully saturated rings. The van der Waals surface area contributed by atoms with E-state index in [0.29, 0.717) is 18.2 Å². The van der Waals surface area contributed by atoms with E-state index in [-0.39, 0.29) is 6.61 Å². The van der Waals surface area contributed by atoms with Gasteiger partial charge in [-0.25, -0.2) is 0 Å². The van der Waals surface area contributed by atoms with Crippen LogP contribution >= 0.6 is 11.6 Å². The second-order valence-electron chi connectivity index (χ2n) is 5.04. The minimum absolute atomic E-state index is 0.107. The predicted molar refractivity (Wildman–Crippen MR) is 73.1 cm³/mol. The van der Waals surface area contributed by atoms with Gasteiger partial charge in [0, 0.05) is 16.7 Å². The van der Waals surface area contributed by atoms with Crippen molar-refractivity contribution in [1.82, 2.24) is 0 Å². The quantitative estimate of drug-likeness (QED) is 0.871. The van der Waals surface area contributed by atoms with Crippen LogP contribution in [0.3, 0.4) is 0 Å². The Bertz CT molecular complexity index is 467. The SMILES string of the molecule is NC(CO)c1c2c(c(Cl)c3c1OCCC3)OCCC2. The van der Waals surface area contributed by atoms with Crippen molar-refractivity contribution in [3.8, 4) is 11.5 Å². The maximum Gasteiger partial charge on any atom is 0.141 e. The van der Waals surface area contributed by atoms with E-state index in [0.717, 1.165) is 53.9 Å². The highest BCUT2D eigenvalue weighted by Crippen LogP contribution is 2.47. The molecule has 0 radical (unpaired) electrons. The van der Waals surface area contributed by atoms with Gasteiger partial charge >= 0.3 is 0 Å². The largest absolute Gasteiger partial charge is 0.493 e. The summed E-state index contributed by atoms with van der Waals surface area (Å²) in [6, 6.07) is -0.445. The number of rotatable bonds is 2. The second-order valence-corrected chi connectivity index (χ2v) is 5.41. The molecule has 3 rings (SSSR count). The molecule has 2 aliphatic heterocycles. The van der Waals surface area contributed by atoms with Gasteiger partial charge in [0.25, 0.3) is 0 Å². The van der Waals surface area contributed by atoms with Crippen molar-refractivity contribution in [2.75, 3.05) is 19.8 Å². The highest BCUT2D eigenvalue weighted by molar-refractivity contribution is 6.33. The topological polar surface area (TPSA) is 64.7 Å². The van der Waals surface area contributed by atoms with E-state index in [9.17, 15) is 5.11 Å². The molecule has 0 aromatic heterocycles. The minimum atomic E-state index is -0.445. The monoisotopic (exact) mass is 283 g/mol. The van der Waals surface area contributed by atoms with Gasteiger partial charge in [0.1, 0.15) is 11.5 Å². The van der Waals surface area contributed by atoms with Gasteiger partial charge in [-0.05, 0) is 25.7 Å². The first-order valence-corrected chi connectivity index (χ1v) is 7.11. The second kappa shape index (κ2) is 5.19. The summed E-state index contributed by atoms with van der Waals surface area (Å²) in [7, 11) is 0. The Labute approximate surface area is 117 Å². The first kappa shape index (κ1) is 13.0. The van der Waals surface area contributed by atoms with Crippen LogP contribution in [0.5, 0.6) is 11.5 Å². The first-order valence-electron chi connectivity index (χ1n) is 6.73. The number of fused-ring (bicyclic) bond motifs is 2. The standard InChI is InChI=1S/C14H18ClNO3/c15-12-9-4-2-5-18-13(9)11(10(16)7-17)8-3-1-6-19-14(8)12/h10,17H,1-7,16H2. The minimum Gasteiger partial charge on any atom is -0.493 e. The van der Waals surface area contributed by atoms with Gasteiger partial charge in [-0.2, -0.15) is 0 Å². The van der Waals surface area contributed by atoms with Crippen LogP contribution in [0.15, 0.2) is 0 Å². The lowest BCUT2D eigenvalue weighted by Crippen LogP contribution is -2.24. The highest BCUT2D eigenvalue weighted by atomic mass is 35.5. The van der Waals surface area contributed by atoms with Gasteiger partial charge in [-0.3, -0.25) is 0 Å². The van der Waals surface area contributed by atoms with E-state index in [1.54, 1.807) is 0 Å². The molecule has 0 spiro atoms. The molecule has 0 bridgehead atoms. The van der Waals surface area contributed by atoms with Gasteiger partial charge in [-0.1, -0.05) is 11.6 Å². The van der Waals surface area contributed by atoms with Gasteiger partial charge in [-0.15, -0.1) is 0 Å². The zero-order valence-corrected chi connectivity index (χ0v) is 11.5. The summed E-state index contributed by atoms with van der Waals surface area (Å²) in [6.07, 6.45) is 3.62. The van der Waals surface area contributed by atoms with Crippen LogP contribution in [-0.4, -0.2) is 24.9 Å². The number of nitrogens with two attached hydrogens (primary N) is 1. The smallest absolute Gasteiger partial charge is 0.141 e. The van der Waals surface area contributed by atoms with Gasteiger partial charge < -0.3 is 20.3 Å². The summed E-state index contributed by atoms with van der Waals surface area (Å²) in [5.74, 6) is 1.53. The molecule has 19 heavy (non-hydrogen) atoms. The fourth-order valence-corrected chi connectivity index (χ4v) is 3.26. The van der Waals surface area contributed by atoms with Crippen molar-refractivity contribution in [2.24, 2.45) is 5.73 Å². The number of aliphatic hydroxyl groups is 1. The zero-order valence-electron chi connectivity index (χ0n) is 10.7. The molecule has 1 unspecified atom stereocenters. The average molecular weight is 284 g/mol. The van der Waals surface area contributed by atoms with Gasteiger partial charge in [0.2, 0.25) is 0 Å². The summed E-state index contributed by atoms with van der Waals surface area (Å²) in [6.45, 7) is 1.25. The number of ether oxygens (including phenoxy) is 2. The van der Waals surface area contributed by atoms with E-state index in [1.165, 1.54) is 0 Å². The molecular weight excluding hydrogens is 266 g/mol. The molecule has 0 amide bonds. The molecule has 2 aliphatic rings. The van der Waals surface area contributed by atoms with Crippen molar-refractivity contribution < 1.29 is 14.6 Å². The maximum absolute atomic E-state index is 9.41. The third kappa shape index (κ3) is 2.08. The van der Waals surface area contributed by atoms with Crippen LogP contribution in [0.25, 0.3) is 0 Å². The molecule has 0 saturated heterocycles. The van der Waals surface area contributed by atoms with E-state index in [4.69, 9.17) is 26.8 Å². The molecule has 1 atom stereocenters. The van der Waals surface area contributed by atoms with Crippen LogP contribution in [0.4, 0.5) is 0 Å². The molecular formula is C14H18ClNO3. The lowest BCUT2D eigenvalue weighted by Gasteiger charge is -2.30. The summed E-state index contributed by atoms with van der Waals surface area (Å²) < 4.78 is 11.5. The van der Waals surface area contributed by atoms with Crippen LogP contribution in [0, 0.1) is 0 Å². The number of aliphatic hydroxyl groups excluding tert-OH is 1. The zero-order chi connectivity index (χ0) is 13.4. The Balaban J connectivity index is 2.25. The fourth-order valence-electron chi connectivity index (χ4n) is 2.91. The highest BCUT2D eigenvalue weighted by Gasteiger charge is 2.30. The van der Waals surface area contributed by atoms with E-state index in [2.05, 4.69) is 0 Å². The van der Waals surface area contributed by atoms with Crippen molar-refractivity contribution >= 4 is 11.6 Å². The molecule has 0 aliphatic carbocycles. The summed E-state index contributed by atoms with van der Waals surface area (Å²) in [5.41, 5.74) is 8.94. The number of halogens is 1. The molecule has 0 saturated carbocycles. The summed E-state index contributed by atoms with van der Waals surface area (Å²) in [5, 5.41) is 10.1. The Morgan fingerprint density at radius 1 is 1.11 bits per heavy atom. The van der Waals surface area contributed by atoms with Crippen LogP contribution < -0.4 is 15.2 Å². The molecule has 4 nitrogen and oxygen atoms in total. The van der Waals surface area contributed by atoms with Crippen LogP contribution in [0.2, 0.25) is 5.02 Å². The van der Waals surface area contributed by atoms with E-state index >= 15 is 0 Å². The number of benzene rings is 1. The van der Waals surface area contributed by atoms with Crippen LogP contribution in [-0.2, 0) is 12.8 Å². The third-order valence-electron chi connectivity index (χ3n) is 3.78. The molecule has 104 valence electrons. The van der Waals surface area contributed by atoms with E-state index < -0.39 is 6.04 Å². The van der Waals surface area contributed by atoms with Crippen molar-refractivity contribution in [3.63, 3.8) is 0 Å². The van der Waals surface area contributed by atoms with Crippen molar-refractivity contribution in [3.05, 3.63) is 21.7 Å². The van der Waals surface area contributed by atoms with Gasteiger partial charge in [0.05, 0.1) is 30.9 Å². The average Bonchev–Trinajstić information content (AvgIpc) is 2.47. The number of hydrogen-bond donors (Lipinski definition) is 2. The maximum atomic E-state index is 9.41.